The first-order chi connectivity index (χ1) is 6.35. The molecule has 0 aliphatic carbocycles. The summed E-state index contributed by atoms with van der Waals surface area (Å²) in [6, 6.07) is 2.54. The van der Waals surface area contributed by atoms with Gasteiger partial charge in [0, 0.05) is 19.6 Å². The fourth-order valence-corrected chi connectivity index (χ4v) is 0.693. The number of hydrogen-bond donors (Lipinski definition) is 0. The summed E-state index contributed by atoms with van der Waals surface area (Å²) < 4.78 is 5.14. The van der Waals surface area contributed by atoms with Crippen molar-refractivity contribution in [3.05, 3.63) is 22.6 Å². The highest BCUT2D eigenvalue weighted by molar-refractivity contribution is 5.03. The highest BCUT2D eigenvalue weighted by atomic mass is 16.5. The largest absolute Gasteiger partial charge is 0.382 e. The molecule has 0 heterocycles. The van der Waals surface area contributed by atoms with E-state index in [1.807, 2.05) is 6.92 Å². The molecule has 0 rings (SSSR count). The summed E-state index contributed by atoms with van der Waals surface area (Å²) in [5, 5.41) is 1.35. The Balaban J connectivity index is 3.61. The number of allylic oxidation sites excluding steroid dienone is 1. The van der Waals surface area contributed by atoms with Gasteiger partial charge in [0.2, 0.25) is 0 Å². The fraction of sp³-hybridized carbons (Fsp3) is 0.556. The van der Waals surface area contributed by atoms with E-state index in [4.69, 9.17) is 11.3 Å². The second kappa shape index (κ2) is 8.58. The van der Waals surface area contributed by atoms with Crippen LogP contribution in [0.5, 0.6) is 0 Å². The van der Waals surface area contributed by atoms with E-state index in [2.05, 4.69) is 22.6 Å². The molecule has 13 heavy (non-hydrogen) atoms. The van der Waals surface area contributed by atoms with Gasteiger partial charge in [0.05, 0.1) is 6.08 Å². The average Bonchev–Trinajstić information content (AvgIpc) is 2.17. The molecule has 4 heteroatoms. The van der Waals surface area contributed by atoms with Crippen molar-refractivity contribution in [1.82, 2.24) is 5.12 Å². The maximum atomic E-state index is 5.14. The fourth-order valence-electron chi connectivity index (χ4n) is 0.693. The van der Waals surface area contributed by atoms with Crippen molar-refractivity contribution < 1.29 is 4.74 Å². The number of rotatable bonds is 5. The Hall–Kier alpha value is -1.52. The Kier molecular flexibility index (Phi) is 7.57. The molecule has 0 amide bonds. The molecule has 0 unspecified atom stereocenters. The van der Waals surface area contributed by atoms with Crippen LogP contribution in [0.15, 0.2) is 12.7 Å². The van der Waals surface area contributed by atoms with Crippen molar-refractivity contribution in [2.45, 2.75) is 13.3 Å². The lowest BCUT2D eigenvalue weighted by molar-refractivity contribution is 0.140. The van der Waals surface area contributed by atoms with Gasteiger partial charge in [0.1, 0.15) is 0 Å². The molecule has 0 saturated carbocycles. The van der Waals surface area contributed by atoms with Crippen molar-refractivity contribution in [2.24, 2.45) is 0 Å². The van der Waals surface area contributed by atoms with Gasteiger partial charge in [-0.25, -0.2) is 0 Å². The quantitative estimate of drug-likeness (QED) is 0.367. The Labute approximate surface area is 79.0 Å². The molecular formula is C9H15N3O+2. The van der Waals surface area contributed by atoms with Gasteiger partial charge in [0.15, 0.2) is 16.5 Å². The summed E-state index contributed by atoms with van der Waals surface area (Å²) in [6.45, 7) is 12.5. The minimum atomic E-state index is 0.622. The van der Waals surface area contributed by atoms with Crippen LogP contribution in [0.3, 0.4) is 0 Å². The monoisotopic (exact) mass is 181 g/mol. The van der Waals surface area contributed by atoms with Gasteiger partial charge in [-0.2, -0.15) is 0 Å². The molecule has 0 fully saturated rings. The molecule has 0 aliphatic rings. The minimum absolute atomic E-state index is 0.622. The summed E-state index contributed by atoms with van der Waals surface area (Å²) >= 11 is 0. The smallest absolute Gasteiger partial charge is 0.356 e. The highest BCUT2D eigenvalue weighted by Gasteiger charge is 2.17. The summed E-state index contributed by atoms with van der Waals surface area (Å²) in [6.07, 6.45) is 2.28. The molecule has 0 bridgehead atoms. The predicted octanol–water partition coefficient (Wildman–Crippen LogP) is 2.03. The van der Waals surface area contributed by atoms with E-state index < -0.39 is 0 Å². The third kappa shape index (κ3) is 6.86. The number of ether oxygens (including phenoxy) is 1. The van der Waals surface area contributed by atoms with Gasteiger partial charge >= 0.3 is 12.6 Å². The van der Waals surface area contributed by atoms with E-state index in [9.17, 15) is 0 Å². The van der Waals surface area contributed by atoms with E-state index in [-0.39, 0.29) is 0 Å². The maximum Gasteiger partial charge on any atom is 0.356 e. The summed E-state index contributed by atoms with van der Waals surface area (Å²) in [5.74, 6) is 0. The lowest BCUT2D eigenvalue weighted by atomic mass is 10.4. The van der Waals surface area contributed by atoms with Crippen LogP contribution in [-0.2, 0) is 4.74 Å². The standard InChI is InChI=1S/C9H15N3O/c1-4-7-11-12(10-3)8-6-9-13-5-2/h3-4H,1,5-6,8-9H2,2H3/q+2. The number of hydrogen-bond acceptors (Lipinski definition) is 2. The second-order valence-electron chi connectivity index (χ2n) is 2.20. The molecule has 0 aromatic heterocycles. The number of nitrogens with zero attached hydrogens (tertiary/aromatic N) is 3. The summed E-state index contributed by atoms with van der Waals surface area (Å²) in [5.41, 5.74) is 0. The zero-order valence-electron chi connectivity index (χ0n) is 7.94. The van der Waals surface area contributed by atoms with Gasteiger partial charge in [-0.3, -0.25) is 0 Å². The third-order valence-corrected chi connectivity index (χ3v) is 1.25. The van der Waals surface area contributed by atoms with Crippen LogP contribution in [0.2, 0.25) is 0 Å². The lowest BCUT2D eigenvalue weighted by Crippen LogP contribution is -2.09. The SMILES string of the molecule is C#[N+]N(CCCOCC)[N+]#CC=C. The van der Waals surface area contributed by atoms with Crippen LogP contribution in [0, 0.1) is 12.6 Å². The Morgan fingerprint density at radius 1 is 1.69 bits per heavy atom. The predicted molar refractivity (Wildman–Crippen MR) is 53.6 cm³/mol. The van der Waals surface area contributed by atoms with Gasteiger partial charge < -0.3 is 4.74 Å². The highest BCUT2D eigenvalue weighted by Crippen LogP contribution is 1.93. The molecule has 0 aromatic rings. The van der Waals surface area contributed by atoms with Gasteiger partial charge in [-0.05, 0) is 6.92 Å². The first-order valence-electron chi connectivity index (χ1n) is 4.18. The zero-order chi connectivity index (χ0) is 9.94. The van der Waals surface area contributed by atoms with Gasteiger partial charge in [-0.1, -0.05) is 6.58 Å². The van der Waals surface area contributed by atoms with Crippen LogP contribution in [-0.4, -0.2) is 24.9 Å². The third-order valence-electron chi connectivity index (χ3n) is 1.25. The molecule has 0 aromatic carbocycles. The van der Waals surface area contributed by atoms with Crippen molar-refractivity contribution in [1.29, 1.82) is 0 Å². The van der Waals surface area contributed by atoms with Crippen LogP contribution >= 0.6 is 0 Å². The van der Waals surface area contributed by atoms with Crippen LogP contribution < -0.4 is 0 Å². The van der Waals surface area contributed by atoms with Crippen molar-refractivity contribution in [2.75, 3.05) is 19.8 Å². The van der Waals surface area contributed by atoms with Crippen LogP contribution in [0.4, 0.5) is 0 Å². The van der Waals surface area contributed by atoms with Gasteiger partial charge in [-0.15, -0.1) is 0 Å². The van der Waals surface area contributed by atoms with Crippen molar-refractivity contribution in [3.8, 4) is 12.6 Å². The zero-order valence-corrected chi connectivity index (χ0v) is 7.94. The van der Waals surface area contributed by atoms with E-state index in [1.165, 1.54) is 11.2 Å². The molecule has 0 aliphatic heterocycles. The minimum Gasteiger partial charge on any atom is -0.382 e. The Bertz CT molecular complexity index is 233. The molecule has 4 nitrogen and oxygen atoms in total. The molecule has 70 valence electrons. The molecule has 0 N–H and O–H groups in total. The molecule has 0 saturated heterocycles. The summed E-state index contributed by atoms with van der Waals surface area (Å²) in [7, 11) is 0. The summed E-state index contributed by atoms with van der Waals surface area (Å²) in [4.78, 5) is 7.20. The average molecular weight is 181 g/mol. The lowest BCUT2D eigenvalue weighted by Gasteiger charge is -1.94. The topological polar surface area (TPSA) is 21.2 Å². The van der Waals surface area contributed by atoms with Crippen molar-refractivity contribution in [3.63, 3.8) is 0 Å². The van der Waals surface area contributed by atoms with Crippen molar-refractivity contribution >= 4 is 0 Å². The van der Waals surface area contributed by atoms with E-state index >= 15 is 0 Å². The van der Waals surface area contributed by atoms with E-state index in [1.54, 1.807) is 0 Å². The van der Waals surface area contributed by atoms with Crippen LogP contribution in [0.1, 0.15) is 13.3 Å². The molecule has 0 atom stereocenters. The first-order valence-corrected chi connectivity index (χ1v) is 4.18. The molecule has 0 spiro atoms. The maximum absolute atomic E-state index is 5.14. The van der Waals surface area contributed by atoms with E-state index in [0.717, 1.165) is 13.0 Å². The Morgan fingerprint density at radius 3 is 3.00 bits per heavy atom. The van der Waals surface area contributed by atoms with Gasteiger partial charge in [0.25, 0.3) is 5.12 Å². The first kappa shape index (κ1) is 11.5. The Morgan fingerprint density at radius 2 is 2.46 bits per heavy atom. The molecule has 0 radical (unpaired) electrons. The normalized spacial score (nSPS) is 8.00. The van der Waals surface area contributed by atoms with E-state index in [0.29, 0.717) is 13.2 Å². The second-order valence-corrected chi connectivity index (χ2v) is 2.20. The molecular weight excluding hydrogens is 166 g/mol. The van der Waals surface area contributed by atoms with Crippen LogP contribution in [0.25, 0.3) is 9.91 Å².